The average Bonchev–Trinajstić information content (AvgIpc) is 3.57. The lowest BCUT2D eigenvalue weighted by atomic mass is 10.1. The fourth-order valence-corrected chi connectivity index (χ4v) is 4.89. The van der Waals surface area contributed by atoms with E-state index in [4.69, 9.17) is 9.72 Å². The SMILES string of the molecule is CCn1ncc2c(C(=O)N3CCN(C(=O)c4ccc(OC)cc4)CC3)cc(-c3cccs3)nc21. The van der Waals surface area contributed by atoms with Crippen molar-refractivity contribution in [3.8, 4) is 16.3 Å². The number of nitrogens with zero attached hydrogens (tertiary/aromatic N) is 5. The molecule has 4 aromatic rings. The minimum absolute atomic E-state index is 0.0368. The maximum absolute atomic E-state index is 13.6. The second-order valence-corrected chi connectivity index (χ2v) is 8.99. The molecule has 1 saturated heterocycles. The van der Waals surface area contributed by atoms with Gasteiger partial charge in [-0.15, -0.1) is 11.3 Å². The van der Waals surface area contributed by atoms with Gasteiger partial charge in [0.05, 0.1) is 34.8 Å². The number of rotatable bonds is 5. The number of carbonyl (C=O) groups is 2. The topological polar surface area (TPSA) is 80.6 Å². The molecule has 0 unspecified atom stereocenters. The zero-order valence-corrected chi connectivity index (χ0v) is 19.9. The first-order chi connectivity index (χ1) is 16.6. The third kappa shape index (κ3) is 4.03. The molecule has 0 saturated carbocycles. The Hall–Kier alpha value is -3.72. The fourth-order valence-electron chi connectivity index (χ4n) is 4.21. The van der Waals surface area contributed by atoms with Crippen LogP contribution in [0, 0.1) is 0 Å². The standard InChI is InChI=1S/C25H25N5O3S/c1-3-30-23-20(16-26-30)19(15-21(27-23)22-5-4-14-34-22)25(32)29-12-10-28(11-13-29)24(31)17-6-8-18(33-2)9-7-17/h4-9,14-16H,3,10-13H2,1-2H3. The van der Waals surface area contributed by atoms with Crippen LogP contribution in [0.25, 0.3) is 21.6 Å². The highest BCUT2D eigenvalue weighted by molar-refractivity contribution is 7.13. The van der Waals surface area contributed by atoms with Crippen LogP contribution in [0.4, 0.5) is 0 Å². The van der Waals surface area contributed by atoms with E-state index in [0.29, 0.717) is 55.2 Å². The highest BCUT2D eigenvalue weighted by Gasteiger charge is 2.27. The molecular formula is C25H25N5O3S. The number of pyridine rings is 1. The van der Waals surface area contributed by atoms with Crippen LogP contribution in [0.5, 0.6) is 5.75 Å². The van der Waals surface area contributed by atoms with E-state index in [-0.39, 0.29) is 11.8 Å². The number of hydrogen-bond acceptors (Lipinski definition) is 6. The Labute approximate surface area is 201 Å². The largest absolute Gasteiger partial charge is 0.497 e. The van der Waals surface area contributed by atoms with E-state index in [1.54, 1.807) is 53.8 Å². The summed E-state index contributed by atoms with van der Waals surface area (Å²) in [5.41, 5.74) is 2.70. The summed E-state index contributed by atoms with van der Waals surface area (Å²) < 4.78 is 6.98. The Balaban J connectivity index is 1.36. The molecule has 9 heteroatoms. The number of aromatic nitrogens is 3. The first kappa shape index (κ1) is 22.1. The van der Waals surface area contributed by atoms with E-state index < -0.39 is 0 Å². The highest BCUT2D eigenvalue weighted by atomic mass is 32.1. The van der Waals surface area contributed by atoms with Gasteiger partial charge in [-0.2, -0.15) is 5.10 Å². The van der Waals surface area contributed by atoms with Gasteiger partial charge in [0.15, 0.2) is 5.65 Å². The Morgan fingerprint density at radius 3 is 2.35 bits per heavy atom. The lowest BCUT2D eigenvalue weighted by Crippen LogP contribution is -2.50. The smallest absolute Gasteiger partial charge is 0.254 e. The van der Waals surface area contributed by atoms with Crippen LogP contribution in [-0.4, -0.2) is 69.7 Å². The molecule has 34 heavy (non-hydrogen) atoms. The van der Waals surface area contributed by atoms with E-state index in [1.165, 1.54) is 0 Å². The summed E-state index contributed by atoms with van der Waals surface area (Å²) >= 11 is 1.59. The number of hydrogen-bond donors (Lipinski definition) is 0. The Bertz CT molecular complexity index is 1320. The molecule has 3 aromatic heterocycles. The molecule has 8 nitrogen and oxygen atoms in total. The summed E-state index contributed by atoms with van der Waals surface area (Å²) in [7, 11) is 1.60. The zero-order chi connectivity index (χ0) is 23.7. The van der Waals surface area contributed by atoms with Gasteiger partial charge in [-0.1, -0.05) is 6.07 Å². The van der Waals surface area contributed by atoms with Crippen LogP contribution in [0.1, 0.15) is 27.6 Å². The maximum atomic E-state index is 13.6. The average molecular weight is 476 g/mol. The van der Waals surface area contributed by atoms with Gasteiger partial charge in [-0.3, -0.25) is 9.59 Å². The molecule has 4 heterocycles. The molecule has 0 aliphatic carbocycles. The second kappa shape index (κ2) is 9.26. The normalized spacial score (nSPS) is 13.9. The molecule has 2 amide bonds. The number of fused-ring (bicyclic) bond motifs is 1. The van der Waals surface area contributed by atoms with Gasteiger partial charge in [0.2, 0.25) is 0 Å². The molecule has 0 N–H and O–H groups in total. The van der Waals surface area contributed by atoms with Crippen molar-refractivity contribution in [2.75, 3.05) is 33.3 Å². The molecule has 0 bridgehead atoms. The molecule has 1 fully saturated rings. The quantitative estimate of drug-likeness (QED) is 0.439. The number of thiophene rings is 1. The van der Waals surface area contributed by atoms with E-state index in [9.17, 15) is 9.59 Å². The molecule has 174 valence electrons. The molecule has 5 rings (SSSR count). The first-order valence-electron chi connectivity index (χ1n) is 11.2. The van der Waals surface area contributed by atoms with Crippen LogP contribution < -0.4 is 4.74 Å². The number of piperazine rings is 1. The van der Waals surface area contributed by atoms with Gasteiger partial charge >= 0.3 is 0 Å². The molecule has 1 aliphatic rings. The van der Waals surface area contributed by atoms with E-state index >= 15 is 0 Å². The lowest BCUT2D eigenvalue weighted by Gasteiger charge is -2.35. The van der Waals surface area contributed by atoms with Crippen molar-refractivity contribution in [3.63, 3.8) is 0 Å². The highest BCUT2D eigenvalue weighted by Crippen LogP contribution is 2.29. The molecule has 0 spiro atoms. The molecule has 0 radical (unpaired) electrons. The third-order valence-corrected chi connectivity index (χ3v) is 7.00. The van der Waals surface area contributed by atoms with Crippen LogP contribution in [0.15, 0.2) is 54.0 Å². The Kier molecular flexibility index (Phi) is 6.02. The van der Waals surface area contributed by atoms with Gasteiger partial charge in [0.25, 0.3) is 11.8 Å². The van der Waals surface area contributed by atoms with Gasteiger partial charge in [-0.05, 0) is 48.7 Å². The van der Waals surface area contributed by atoms with Crippen LogP contribution in [0.2, 0.25) is 0 Å². The summed E-state index contributed by atoms with van der Waals surface area (Å²) in [4.78, 5) is 35.9. The summed E-state index contributed by atoms with van der Waals surface area (Å²) in [5, 5.41) is 7.18. The van der Waals surface area contributed by atoms with Gasteiger partial charge in [-0.25, -0.2) is 9.67 Å². The number of ether oxygens (including phenoxy) is 1. The molecule has 1 aromatic carbocycles. The third-order valence-electron chi connectivity index (χ3n) is 6.10. The fraction of sp³-hybridized carbons (Fsp3) is 0.280. The number of methoxy groups -OCH3 is 1. The number of amides is 2. The lowest BCUT2D eigenvalue weighted by molar-refractivity contribution is 0.0536. The van der Waals surface area contributed by atoms with Crippen molar-refractivity contribution in [2.45, 2.75) is 13.5 Å². The summed E-state index contributed by atoms with van der Waals surface area (Å²) in [6, 6.07) is 12.9. The first-order valence-corrected chi connectivity index (χ1v) is 12.1. The van der Waals surface area contributed by atoms with Crippen LogP contribution >= 0.6 is 11.3 Å². The van der Waals surface area contributed by atoms with Gasteiger partial charge < -0.3 is 14.5 Å². The second-order valence-electron chi connectivity index (χ2n) is 8.04. The summed E-state index contributed by atoms with van der Waals surface area (Å²) in [5.74, 6) is 0.617. The predicted molar refractivity (Wildman–Crippen MR) is 131 cm³/mol. The minimum Gasteiger partial charge on any atom is -0.497 e. The summed E-state index contributed by atoms with van der Waals surface area (Å²) in [6.07, 6.45) is 1.72. The summed E-state index contributed by atoms with van der Waals surface area (Å²) in [6.45, 7) is 4.59. The van der Waals surface area contributed by atoms with Gasteiger partial charge in [0, 0.05) is 38.3 Å². The monoisotopic (exact) mass is 475 g/mol. The zero-order valence-electron chi connectivity index (χ0n) is 19.1. The number of aryl methyl sites for hydroxylation is 1. The van der Waals surface area contributed by atoms with Crippen molar-refractivity contribution in [3.05, 3.63) is 65.2 Å². The van der Waals surface area contributed by atoms with Crippen LogP contribution in [-0.2, 0) is 6.54 Å². The van der Waals surface area contributed by atoms with Crippen molar-refractivity contribution in [1.29, 1.82) is 0 Å². The van der Waals surface area contributed by atoms with E-state index in [0.717, 1.165) is 16.0 Å². The van der Waals surface area contributed by atoms with Crippen molar-refractivity contribution < 1.29 is 14.3 Å². The van der Waals surface area contributed by atoms with E-state index in [2.05, 4.69) is 5.10 Å². The number of carbonyl (C=O) groups excluding carboxylic acids is 2. The van der Waals surface area contributed by atoms with Gasteiger partial charge in [0.1, 0.15) is 5.75 Å². The van der Waals surface area contributed by atoms with Crippen molar-refractivity contribution in [1.82, 2.24) is 24.6 Å². The minimum atomic E-state index is -0.0580. The van der Waals surface area contributed by atoms with Crippen molar-refractivity contribution >= 4 is 34.2 Å². The molecular weight excluding hydrogens is 450 g/mol. The maximum Gasteiger partial charge on any atom is 0.254 e. The molecule has 0 atom stereocenters. The number of benzene rings is 1. The van der Waals surface area contributed by atoms with Crippen molar-refractivity contribution in [2.24, 2.45) is 0 Å². The van der Waals surface area contributed by atoms with Crippen LogP contribution in [0.3, 0.4) is 0 Å². The molecule has 1 aliphatic heterocycles. The van der Waals surface area contributed by atoms with E-state index in [1.807, 2.05) is 40.1 Å². The predicted octanol–water partition coefficient (Wildman–Crippen LogP) is 3.79. The Morgan fingerprint density at radius 2 is 1.74 bits per heavy atom. The Morgan fingerprint density at radius 1 is 1.03 bits per heavy atom.